The SMILES string of the molecule is CC(C)(C)OC(=O)N1CC[C@H](O)[C@H]1[C@H](CN)c1c[nH]c2cc(F)ccc12. The molecule has 1 amide bonds. The number of fused-ring (bicyclic) bond motifs is 1. The molecular formula is C19H26FN3O3. The summed E-state index contributed by atoms with van der Waals surface area (Å²) in [6, 6.07) is 4.02. The van der Waals surface area contributed by atoms with Gasteiger partial charge in [0.2, 0.25) is 0 Å². The average Bonchev–Trinajstić information content (AvgIpc) is 3.11. The number of carbonyl (C=O) groups excluding carboxylic acids is 1. The molecule has 1 aromatic carbocycles. The molecule has 0 radical (unpaired) electrons. The van der Waals surface area contributed by atoms with Crippen molar-refractivity contribution in [3.05, 3.63) is 35.8 Å². The van der Waals surface area contributed by atoms with E-state index in [0.29, 0.717) is 18.5 Å². The molecule has 0 spiro atoms. The Hall–Kier alpha value is -2.12. The number of likely N-dealkylation sites (tertiary alicyclic amines) is 1. The standard InChI is InChI=1S/C19H26FN3O3/c1-19(2,3)26-18(25)23-7-6-16(24)17(23)13(9-21)14-10-22-15-8-11(20)4-5-12(14)15/h4-5,8,10,13,16-17,22,24H,6-7,9,21H2,1-3H3/t13-,16+,17-/m1/s1. The second-order valence-electron chi connectivity index (χ2n) is 7.80. The van der Waals surface area contributed by atoms with Gasteiger partial charge in [0.1, 0.15) is 11.4 Å². The molecule has 4 N–H and O–H groups in total. The van der Waals surface area contributed by atoms with Crippen molar-refractivity contribution in [1.29, 1.82) is 0 Å². The molecule has 1 aliphatic rings. The molecule has 0 unspecified atom stereocenters. The fourth-order valence-electron chi connectivity index (χ4n) is 3.70. The molecule has 7 heteroatoms. The summed E-state index contributed by atoms with van der Waals surface area (Å²) in [6.07, 6.45) is 1.10. The van der Waals surface area contributed by atoms with Gasteiger partial charge in [0, 0.05) is 36.1 Å². The van der Waals surface area contributed by atoms with Gasteiger partial charge in [-0.05, 0) is 51.0 Å². The number of rotatable bonds is 3. The van der Waals surface area contributed by atoms with Crippen molar-refractivity contribution in [1.82, 2.24) is 9.88 Å². The Labute approximate surface area is 152 Å². The van der Waals surface area contributed by atoms with Crippen LogP contribution in [0, 0.1) is 5.82 Å². The lowest BCUT2D eigenvalue weighted by Gasteiger charge is -2.34. The summed E-state index contributed by atoms with van der Waals surface area (Å²) >= 11 is 0. The van der Waals surface area contributed by atoms with Crippen molar-refractivity contribution in [2.75, 3.05) is 13.1 Å². The molecule has 6 nitrogen and oxygen atoms in total. The zero-order chi connectivity index (χ0) is 19.1. The number of aliphatic hydroxyl groups is 1. The Kier molecular flexibility index (Phi) is 4.94. The second-order valence-corrected chi connectivity index (χ2v) is 7.80. The first-order valence-electron chi connectivity index (χ1n) is 8.85. The highest BCUT2D eigenvalue weighted by molar-refractivity contribution is 5.84. The fourth-order valence-corrected chi connectivity index (χ4v) is 3.70. The maximum Gasteiger partial charge on any atom is 0.410 e. The van der Waals surface area contributed by atoms with Gasteiger partial charge in [-0.3, -0.25) is 0 Å². The van der Waals surface area contributed by atoms with E-state index in [1.807, 2.05) is 0 Å². The largest absolute Gasteiger partial charge is 0.444 e. The van der Waals surface area contributed by atoms with E-state index in [0.717, 1.165) is 10.9 Å². The molecule has 1 saturated heterocycles. The first-order valence-corrected chi connectivity index (χ1v) is 8.85. The third-order valence-electron chi connectivity index (χ3n) is 4.79. The number of nitrogens with two attached hydrogens (primary N) is 1. The van der Waals surface area contributed by atoms with Gasteiger partial charge in [0.15, 0.2) is 0 Å². The first kappa shape index (κ1) is 18.7. The topological polar surface area (TPSA) is 91.6 Å². The monoisotopic (exact) mass is 363 g/mol. The van der Waals surface area contributed by atoms with Gasteiger partial charge in [-0.15, -0.1) is 0 Å². The number of amides is 1. The molecule has 3 atom stereocenters. The normalized spacial score (nSPS) is 22.0. The van der Waals surface area contributed by atoms with Gasteiger partial charge in [-0.2, -0.15) is 0 Å². The fraction of sp³-hybridized carbons (Fsp3) is 0.526. The number of aromatic nitrogens is 1. The summed E-state index contributed by atoms with van der Waals surface area (Å²) in [6.45, 7) is 6.07. The Morgan fingerprint density at radius 2 is 2.23 bits per heavy atom. The van der Waals surface area contributed by atoms with Crippen LogP contribution < -0.4 is 5.73 Å². The number of aromatic amines is 1. The number of nitrogens with one attached hydrogen (secondary N) is 1. The molecule has 142 valence electrons. The number of H-pyrrole nitrogens is 1. The highest BCUT2D eigenvalue weighted by Gasteiger charge is 2.43. The van der Waals surface area contributed by atoms with Crippen LogP contribution in [0.2, 0.25) is 0 Å². The molecule has 2 heterocycles. The smallest absolute Gasteiger partial charge is 0.410 e. The van der Waals surface area contributed by atoms with Crippen LogP contribution in [0.1, 0.15) is 38.7 Å². The molecule has 1 aromatic heterocycles. The van der Waals surface area contributed by atoms with Gasteiger partial charge in [0.05, 0.1) is 12.1 Å². The van der Waals surface area contributed by atoms with E-state index in [1.54, 1.807) is 37.9 Å². The number of aliphatic hydroxyl groups excluding tert-OH is 1. The van der Waals surface area contributed by atoms with Crippen LogP contribution in [0.5, 0.6) is 0 Å². The number of hydrogen-bond acceptors (Lipinski definition) is 4. The summed E-state index contributed by atoms with van der Waals surface area (Å²) in [4.78, 5) is 17.2. The van der Waals surface area contributed by atoms with Crippen LogP contribution in [0.15, 0.2) is 24.4 Å². The van der Waals surface area contributed by atoms with Crippen molar-refractivity contribution in [3.8, 4) is 0 Å². The van der Waals surface area contributed by atoms with Crippen molar-refractivity contribution in [3.63, 3.8) is 0 Å². The van der Waals surface area contributed by atoms with E-state index in [2.05, 4.69) is 4.98 Å². The number of nitrogens with zero attached hydrogens (tertiary/aromatic N) is 1. The lowest BCUT2D eigenvalue weighted by Crippen LogP contribution is -2.47. The highest BCUT2D eigenvalue weighted by Crippen LogP contribution is 2.35. The van der Waals surface area contributed by atoms with E-state index < -0.39 is 23.8 Å². The lowest BCUT2D eigenvalue weighted by molar-refractivity contribution is 0.0121. The number of carbonyl (C=O) groups is 1. The minimum Gasteiger partial charge on any atom is -0.444 e. The second kappa shape index (κ2) is 6.89. The Morgan fingerprint density at radius 1 is 1.50 bits per heavy atom. The van der Waals surface area contributed by atoms with Crippen molar-refractivity contribution >= 4 is 17.0 Å². The van der Waals surface area contributed by atoms with E-state index in [1.165, 1.54) is 12.1 Å². The zero-order valence-corrected chi connectivity index (χ0v) is 15.3. The number of ether oxygens (including phenoxy) is 1. The van der Waals surface area contributed by atoms with Gasteiger partial charge in [0.25, 0.3) is 0 Å². The lowest BCUT2D eigenvalue weighted by atomic mass is 9.88. The predicted octanol–water partition coefficient (Wildman–Crippen LogP) is 2.72. The minimum absolute atomic E-state index is 0.241. The average molecular weight is 363 g/mol. The van der Waals surface area contributed by atoms with E-state index in [-0.39, 0.29) is 18.3 Å². The molecule has 3 rings (SSSR count). The number of hydrogen-bond donors (Lipinski definition) is 3. The van der Waals surface area contributed by atoms with Crippen LogP contribution in [-0.2, 0) is 4.74 Å². The van der Waals surface area contributed by atoms with Gasteiger partial charge < -0.3 is 25.5 Å². The van der Waals surface area contributed by atoms with Crippen molar-refractivity contribution < 1.29 is 19.0 Å². The molecule has 2 aromatic rings. The quantitative estimate of drug-likeness (QED) is 0.782. The number of halogens is 1. The molecular weight excluding hydrogens is 337 g/mol. The Balaban J connectivity index is 1.95. The molecule has 1 fully saturated rings. The summed E-state index contributed by atoms with van der Waals surface area (Å²) in [7, 11) is 0. The highest BCUT2D eigenvalue weighted by atomic mass is 19.1. The maximum atomic E-state index is 13.5. The molecule has 26 heavy (non-hydrogen) atoms. The third kappa shape index (κ3) is 3.54. The predicted molar refractivity (Wildman–Crippen MR) is 97.4 cm³/mol. The Morgan fingerprint density at radius 3 is 2.88 bits per heavy atom. The van der Waals surface area contributed by atoms with Crippen LogP contribution in [0.4, 0.5) is 9.18 Å². The van der Waals surface area contributed by atoms with Crippen LogP contribution in [0.25, 0.3) is 10.9 Å². The van der Waals surface area contributed by atoms with Gasteiger partial charge in [-0.1, -0.05) is 0 Å². The van der Waals surface area contributed by atoms with Crippen LogP contribution >= 0.6 is 0 Å². The molecule has 0 bridgehead atoms. The van der Waals surface area contributed by atoms with Crippen LogP contribution in [-0.4, -0.2) is 51.9 Å². The third-order valence-corrected chi connectivity index (χ3v) is 4.79. The maximum absolute atomic E-state index is 13.5. The summed E-state index contributed by atoms with van der Waals surface area (Å²) < 4.78 is 19.0. The van der Waals surface area contributed by atoms with Crippen LogP contribution in [0.3, 0.4) is 0 Å². The molecule has 0 aliphatic carbocycles. The first-order chi connectivity index (χ1) is 12.2. The zero-order valence-electron chi connectivity index (χ0n) is 15.3. The number of benzene rings is 1. The van der Waals surface area contributed by atoms with E-state index >= 15 is 0 Å². The summed E-state index contributed by atoms with van der Waals surface area (Å²) in [5.41, 5.74) is 6.94. The van der Waals surface area contributed by atoms with Gasteiger partial charge >= 0.3 is 6.09 Å². The Bertz CT molecular complexity index is 799. The molecule has 0 saturated carbocycles. The summed E-state index contributed by atoms with van der Waals surface area (Å²) in [5.74, 6) is -0.620. The van der Waals surface area contributed by atoms with E-state index in [9.17, 15) is 14.3 Å². The van der Waals surface area contributed by atoms with Crippen molar-refractivity contribution in [2.24, 2.45) is 5.73 Å². The van der Waals surface area contributed by atoms with Crippen molar-refractivity contribution in [2.45, 2.75) is 50.9 Å². The van der Waals surface area contributed by atoms with Gasteiger partial charge in [-0.25, -0.2) is 9.18 Å². The molecule has 1 aliphatic heterocycles. The van der Waals surface area contributed by atoms with E-state index in [4.69, 9.17) is 10.5 Å². The minimum atomic E-state index is -0.693. The summed E-state index contributed by atoms with van der Waals surface area (Å²) in [5, 5.41) is 11.4.